The smallest absolute Gasteiger partial charge is 0.417 e. The molecular weight excluding hydrogens is 353 g/mol. The standard InChI is InChI=1S/C17H15F3N2O4/c1-26-14-8-12(17(18,19)20)11(7-13(14)23)15(24)22-16(25)21-9-10-5-3-2-4-6-10/h2-8,23H,9H2,1H3,(H2,21,22,24,25). The van der Waals surface area contributed by atoms with Gasteiger partial charge in [-0.2, -0.15) is 13.2 Å². The van der Waals surface area contributed by atoms with Crippen molar-refractivity contribution in [2.24, 2.45) is 0 Å². The van der Waals surface area contributed by atoms with Crippen molar-refractivity contribution in [3.8, 4) is 11.5 Å². The third kappa shape index (κ3) is 4.65. The van der Waals surface area contributed by atoms with Gasteiger partial charge in [-0.05, 0) is 17.7 Å². The Morgan fingerprint density at radius 2 is 1.81 bits per heavy atom. The Hall–Kier alpha value is -3.23. The van der Waals surface area contributed by atoms with Crippen molar-refractivity contribution in [2.45, 2.75) is 12.7 Å². The van der Waals surface area contributed by atoms with Crippen LogP contribution in [0.5, 0.6) is 11.5 Å². The van der Waals surface area contributed by atoms with Gasteiger partial charge in [-0.15, -0.1) is 0 Å². The third-order valence-corrected chi connectivity index (χ3v) is 3.39. The molecular formula is C17H15F3N2O4. The van der Waals surface area contributed by atoms with Gasteiger partial charge >= 0.3 is 12.2 Å². The molecule has 0 bridgehead atoms. The molecule has 0 aliphatic heterocycles. The molecule has 0 saturated heterocycles. The molecule has 26 heavy (non-hydrogen) atoms. The molecule has 6 nitrogen and oxygen atoms in total. The van der Waals surface area contributed by atoms with Gasteiger partial charge in [-0.1, -0.05) is 30.3 Å². The lowest BCUT2D eigenvalue weighted by Crippen LogP contribution is -2.39. The number of amides is 3. The van der Waals surface area contributed by atoms with Gasteiger partial charge in [-0.3, -0.25) is 10.1 Å². The van der Waals surface area contributed by atoms with Crippen molar-refractivity contribution in [3.05, 3.63) is 59.2 Å². The van der Waals surface area contributed by atoms with Crippen molar-refractivity contribution < 1.29 is 32.6 Å². The first-order chi connectivity index (χ1) is 12.2. The van der Waals surface area contributed by atoms with Crippen LogP contribution in [0.3, 0.4) is 0 Å². The summed E-state index contributed by atoms with van der Waals surface area (Å²) in [6, 6.07) is 8.85. The fourth-order valence-corrected chi connectivity index (χ4v) is 2.15. The van der Waals surface area contributed by atoms with E-state index in [-0.39, 0.29) is 6.54 Å². The molecule has 0 aliphatic rings. The topological polar surface area (TPSA) is 87.7 Å². The fraction of sp³-hybridized carbons (Fsp3) is 0.176. The monoisotopic (exact) mass is 368 g/mol. The maximum absolute atomic E-state index is 13.1. The summed E-state index contributed by atoms with van der Waals surface area (Å²) in [5, 5.41) is 13.8. The SMILES string of the molecule is COc1cc(C(F)(F)F)c(C(=O)NC(=O)NCc2ccccc2)cc1O. The molecule has 0 aromatic heterocycles. The van der Waals surface area contributed by atoms with Crippen molar-refractivity contribution in [2.75, 3.05) is 7.11 Å². The van der Waals surface area contributed by atoms with Gasteiger partial charge in [0.2, 0.25) is 0 Å². The van der Waals surface area contributed by atoms with Gasteiger partial charge in [0.25, 0.3) is 5.91 Å². The zero-order valence-corrected chi connectivity index (χ0v) is 13.6. The number of rotatable bonds is 4. The van der Waals surface area contributed by atoms with E-state index < -0.39 is 40.7 Å². The summed E-state index contributed by atoms with van der Waals surface area (Å²) in [5.41, 5.74) is -1.49. The number of hydrogen-bond donors (Lipinski definition) is 3. The molecule has 2 aromatic rings. The molecule has 0 unspecified atom stereocenters. The Kier molecular flexibility index (Phi) is 5.71. The number of hydrogen-bond acceptors (Lipinski definition) is 4. The van der Waals surface area contributed by atoms with E-state index in [1.54, 1.807) is 35.6 Å². The molecule has 3 N–H and O–H groups in total. The molecule has 0 spiro atoms. The molecule has 0 fully saturated rings. The minimum absolute atomic E-state index is 0.0833. The van der Waals surface area contributed by atoms with Crippen molar-refractivity contribution in [3.63, 3.8) is 0 Å². The van der Waals surface area contributed by atoms with Crippen LogP contribution in [0.4, 0.5) is 18.0 Å². The van der Waals surface area contributed by atoms with Gasteiger partial charge in [0.1, 0.15) is 0 Å². The average molecular weight is 368 g/mol. The Morgan fingerprint density at radius 1 is 1.15 bits per heavy atom. The maximum Gasteiger partial charge on any atom is 0.417 e. The summed E-state index contributed by atoms with van der Waals surface area (Å²) in [4.78, 5) is 23.8. The largest absolute Gasteiger partial charge is 0.504 e. The minimum Gasteiger partial charge on any atom is -0.504 e. The molecule has 0 aliphatic carbocycles. The molecule has 3 amide bonds. The first-order valence-electron chi connectivity index (χ1n) is 7.33. The van der Waals surface area contributed by atoms with Crippen LogP contribution in [0.25, 0.3) is 0 Å². The van der Waals surface area contributed by atoms with Crippen LogP contribution in [-0.2, 0) is 12.7 Å². The summed E-state index contributed by atoms with van der Waals surface area (Å²) in [5.74, 6) is -2.40. The Morgan fingerprint density at radius 3 is 2.38 bits per heavy atom. The van der Waals surface area contributed by atoms with E-state index in [2.05, 4.69) is 10.1 Å². The molecule has 0 radical (unpaired) electrons. The molecule has 0 saturated carbocycles. The predicted molar refractivity (Wildman–Crippen MR) is 85.8 cm³/mol. The summed E-state index contributed by atoms with van der Waals surface area (Å²) < 4.78 is 44.1. The zero-order chi connectivity index (χ0) is 19.3. The van der Waals surface area contributed by atoms with Crippen molar-refractivity contribution in [1.82, 2.24) is 10.6 Å². The average Bonchev–Trinajstić information content (AvgIpc) is 2.59. The molecule has 2 rings (SSSR count). The maximum atomic E-state index is 13.1. The fourth-order valence-electron chi connectivity index (χ4n) is 2.15. The number of carbonyl (C=O) groups is 2. The van der Waals surface area contributed by atoms with Crippen LogP contribution in [-0.4, -0.2) is 24.2 Å². The number of halogens is 3. The highest BCUT2D eigenvalue weighted by molar-refractivity contribution is 6.05. The number of alkyl halides is 3. The number of phenolic OH excluding ortho intramolecular Hbond substituents is 1. The highest BCUT2D eigenvalue weighted by Gasteiger charge is 2.37. The lowest BCUT2D eigenvalue weighted by atomic mass is 10.0. The van der Waals surface area contributed by atoms with Crippen LogP contribution in [0.1, 0.15) is 21.5 Å². The van der Waals surface area contributed by atoms with E-state index in [4.69, 9.17) is 0 Å². The van der Waals surface area contributed by atoms with Crippen LogP contribution in [0, 0.1) is 0 Å². The number of methoxy groups -OCH3 is 1. The van der Waals surface area contributed by atoms with Gasteiger partial charge in [0, 0.05) is 6.54 Å². The van der Waals surface area contributed by atoms with Gasteiger partial charge < -0.3 is 15.2 Å². The zero-order valence-electron chi connectivity index (χ0n) is 13.6. The number of urea groups is 1. The number of carbonyl (C=O) groups excluding carboxylic acids is 2. The first kappa shape index (κ1) is 19.1. The van der Waals surface area contributed by atoms with Gasteiger partial charge in [-0.25, -0.2) is 4.79 Å². The lowest BCUT2D eigenvalue weighted by molar-refractivity contribution is -0.138. The van der Waals surface area contributed by atoms with E-state index in [0.717, 1.165) is 12.7 Å². The van der Waals surface area contributed by atoms with E-state index >= 15 is 0 Å². The summed E-state index contributed by atoms with van der Waals surface area (Å²) in [6.07, 6.45) is -4.88. The predicted octanol–water partition coefficient (Wildman–Crippen LogP) is 3.06. The summed E-state index contributed by atoms with van der Waals surface area (Å²) in [6.45, 7) is 0.0833. The lowest BCUT2D eigenvalue weighted by Gasteiger charge is -2.15. The second-order valence-electron chi connectivity index (χ2n) is 5.19. The van der Waals surface area contributed by atoms with Crippen molar-refractivity contribution >= 4 is 11.9 Å². The minimum atomic E-state index is -4.88. The van der Waals surface area contributed by atoms with Crippen LogP contribution in [0.15, 0.2) is 42.5 Å². The number of nitrogens with one attached hydrogen (secondary N) is 2. The molecule has 0 heterocycles. The van der Waals surface area contributed by atoms with Crippen LogP contribution in [0.2, 0.25) is 0 Å². The number of benzene rings is 2. The third-order valence-electron chi connectivity index (χ3n) is 3.39. The Labute approximate surface area is 146 Å². The number of aromatic hydroxyl groups is 1. The quantitative estimate of drug-likeness (QED) is 0.774. The van der Waals surface area contributed by atoms with Crippen LogP contribution < -0.4 is 15.4 Å². The van der Waals surface area contributed by atoms with Gasteiger partial charge in [0.15, 0.2) is 11.5 Å². The highest BCUT2D eigenvalue weighted by atomic mass is 19.4. The van der Waals surface area contributed by atoms with Gasteiger partial charge in [0.05, 0.1) is 18.2 Å². The Balaban J connectivity index is 2.15. The number of ether oxygens (including phenoxy) is 1. The van der Waals surface area contributed by atoms with E-state index in [1.165, 1.54) is 0 Å². The second kappa shape index (κ2) is 7.77. The second-order valence-corrected chi connectivity index (χ2v) is 5.19. The number of phenols is 1. The molecule has 138 valence electrons. The van der Waals surface area contributed by atoms with Crippen molar-refractivity contribution in [1.29, 1.82) is 0 Å². The highest BCUT2D eigenvalue weighted by Crippen LogP contribution is 2.38. The van der Waals surface area contributed by atoms with E-state index in [0.29, 0.717) is 12.1 Å². The van der Waals surface area contributed by atoms with Crippen LogP contribution >= 0.6 is 0 Å². The Bertz CT molecular complexity index is 808. The van der Waals surface area contributed by atoms with E-state index in [9.17, 15) is 27.9 Å². The molecule has 0 atom stereocenters. The number of imide groups is 1. The van der Waals surface area contributed by atoms with E-state index in [1.807, 2.05) is 0 Å². The molecule has 9 heteroatoms. The first-order valence-corrected chi connectivity index (χ1v) is 7.33. The summed E-state index contributed by atoms with van der Waals surface area (Å²) in [7, 11) is 1.08. The summed E-state index contributed by atoms with van der Waals surface area (Å²) >= 11 is 0. The molecule has 2 aromatic carbocycles. The normalized spacial score (nSPS) is 10.9.